The Labute approximate surface area is 164 Å². The number of carbonyl (C=O) groups is 1. The minimum atomic E-state index is -0.717. The van der Waals surface area contributed by atoms with Crippen LogP contribution in [0.25, 0.3) is 16.7 Å². The number of rotatable bonds is 3. The lowest BCUT2D eigenvalue weighted by Gasteiger charge is -2.08. The van der Waals surface area contributed by atoms with E-state index in [9.17, 15) is 14.7 Å². The summed E-state index contributed by atoms with van der Waals surface area (Å²) in [5.74, 6) is -1.13. The fourth-order valence-corrected chi connectivity index (χ4v) is 3.09. The number of nitrogens with zero attached hydrogens (tertiary/aromatic N) is 2. The number of nitrogens with one attached hydrogen (secondary N) is 2. The number of pyridine rings is 1. The van der Waals surface area contributed by atoms with E-state index in [0.29, 0.717) is 16.4 Å². The van der Waals surface area contributed by atoms with E-state index >= 15 is 0 Å². The SMILES string of the molecule is Cc1cccc(NC(=O)c2c(O)c3cnn(-c4ccc(Cl)cc4)c3[nH]c2=O)c1. The maximum absolute atomic E-state index is 12.6. The second kappa shape index (κ2) is 6.86. The summed E-state index contributed by atoms with van der Waals surface area (Å²) in [6.07, 6.45) is 1.39. The monoisotopic (exact) mass is 394 g/mol. The summed E-state index contributed by atoms with van der Waals surface area (Å²) in [5, 5.41) is 18.2. The van der Waals surface area contributed by atoms with E-state index in [-0.39, 0.29) is 16.6 Å². The van der Waals surface area contributed by atoms with Gasteiger partial charge in [0.15, 0.2) is 0 Å². The quantitative estimate of drug-likeness (QED) is 0.494. The molecule has 2 aromatic heterocycles. The topological polar surface area (TPSA) is 100 Å². The summed E-state index contributed by atoms with van der Waals surface area (Å²) in [6.45, 7) is 1.89. The lowest BCUT2D eigenvalue weighted by Crippen LogP contribution is -2.23. The van der Waals surface area contributed by atoms with Gasteiger partial charge in [-0.15, -0.1) is 0 Å². The van der Waals surface area contributed by atoms with Crippen LogP contribution in [0.4, 0.5) is 5.69 Å². The summed E-state index contributed by atoms with van der Waals surface area (Å²) in [5.41, 5.74) is 1.32. The van der Waals surface area contributed by atoms with E-state index in [1.807, 2.05) is 13.0 Å². The lowest BCUT2D eigenvalue weighted by molar-refractivity contribution is 0.102. The molecular formula is C20H15ClN4O3. The predicted octanol–water partition coefficient (Wildman–Crippen LogP) is 3.63. The Kier molecular flexibility index (Phi) is 4.37. The number of benzene rings is 2. The molecule has 0 aliphatic rings. The number of fused-ring (bicyclic) bond motifs is 1. The van der Waals surface area contributed by atoms with Gasteiger partial charge in [0.2, 0.25) is 0 Å². The van der Waals surface area contributed by atoms with Crippen LogP contribution in [-0.4, -0.2) is 25.8 Å². The molecule has 4 rings (SSSR count). The third-order valence-electron chi connectivity index (χ3n) is 4.29. The fraction of sp³-hybridized carbons (Fsp3) is 0.0500. The van der Waals surface area contributed by atoms with Crippen LogP contribution in [-0.2, 0) is 0 Å². The minimum Gasteiger partial charge on any atom is -0.506 e. The van der Waals surface area contributed by atoms with E-state index in [0.717, 1.165) is 5.56 Å². The second-order valence-corrected chi connectivity index (χ2v) is 6.73. The Balaban J connectivity index is 1.78. The number of aryl methyl sites for hydroxylation is 1. The lowest BCUT2D eigenvalue weighted by atomic mass is 10.1. The molecule has 2 aromatic carbocycles. The number of aromatic hydroxyl groups is 1. The number of H-pyrrole nitrogens is 1. The van der Waals surface area contributed by atoms with Crippen LogP contribution >= 0.6 is 11.6 Å². The van der Waals surface area contributed by atoms with Gasteiger partial charge in [-0.3, -0.25) is 9.59 Å². The molecule has 0 atom stereocenters. The first-order valence-corrected chi connectivity index (χ1v) is 8.79. The average Bonchev–Trinajstić information content (AvgIpc) is 3.06. The molecule has 1 amide bonds. The van der Waals surface area contributed by atoms with Gasteiger partial charge < -0.3 is 15.4 Å². The smallest absolute Gasteiger partial charge is 0.266 e. The number of hydrogen-bond acceptors (Lipinski definition) is 4. The molecule has 0 spiro atoms. The summed E-state index contributed by atoms with van der Waals surface area (Å²) < 4.78 is 1.45. The normalized spacial score (nSPS) is 10.9. The first-order valence-electron chi connectivity index (χ1n) is 8.41. The van der Waals surface area contributed by atoms with Gasteiger partial charge in [-0.1, -0.05) is 23.7 Å². The number of hydrogen-bond donors (Lipinski definition) is 3. The first-order chi connectivity index (χ1) is 13.4. The maximum Gasteiger partial charge on any atom is 0.266 e. The van der Waals surface area contributed by atoms with Crippen molar-refractivity contribution >= 4 is 34.2 Å². The zero-order chi connectivity index (χ0) is 19.8. The molecule has 28 heavy (non-hydrogen) atoms. The van der Waals surface area contributed by atoms with Crippen molar-refractivity contribution in [3.63, 3.8) is 0 Å². The molecule has 140 valence electrons. The molecule has 3 N–H and O–H groups in total. The van der Waals surface area contributed by atoms with Crippen molar-refractivity contribution in [3.8, 4) is 11.4 Å². The molecule has 0 aliphatic heterocycles. The van der Waals surface area contributed by atoms with E-state index in [1.165, 1.54) is 10.9 Å². The molecule has 0 saturated carbocycles. The van der Waals surface area contributed by atoms with Gasteiger partial charge in [-0.2, -0.15) is 5.10 Å². The standard InChI is InChI=1S/C20H15ClN4O3/c1-11-3-2-4-13(9-11)23-19(27)16-17(26)15-10-22-25(18(15)24-20(16)28)14-7-5-12(21)6-8-14/h2-10H,1H3,(H,23,27)(H2,24,26,28). The van der Waals surface area contributed by atoms with Crippen molar-refractivity contribution in [2.75, 3.05) is 5.32 Å². The Morgan fingerprint density at radius 1 is 1.21 bits per heavy atom. The maximum atomic E-state index is 12.6. The molecule has 0 saturated heterocycles. The van der Waals surface area contributed by atoms with Crippen LogP contribution in [0, 0.1) is 6.92 Å². The van der Waals surface area contributed by atoms with Crippen molar-refractivity contribution in [2.45, 2.75) is 6.92 Å². The first kappa shape index (κ1) is 17.8. The predicted molar refractivity (Wildman–Crippen MR) is 107 cm³/mol. The molecule has 8 heteroatoms. The molecule has 0 bridgehead atoms. The number of aromatic amines is 1. The molecule has 0 radical (unpaired) electrons. The highest BCUT2D eigenvalue weighted by Crippen LogP contribution is 2.27. The highest BCUT2D eigenvalue weighted by atomic mass is 35.5. The highest BCUT2D eigenvalue weighted by Gasteiger charge is 2.22. The third-order valence-corrected chi connectivity index (χ3v) is 4.55. The van der Waals surface area contributed by atoms with E-state index < -0.39 is 17.2 Å². The van der Waals surface area contributed by atoms with Gasteiger partial charge in [-0.25, -0.2) is 4.68 Å². The number of aromatic nitrogens is 3. The zero-order valence-electron chi connectivity index (χ0n) is 14.7. The van der Waals surface area contributed by atoms with Crippen molar-refractivity contribution in [1.29, 1.82) is 0 Å². The van der Waals surface area contributed by atoms with Crippen LogP contribution in [0.5, 0.6) is 5.75 Å². The number of amides is 1. The van der Waals surface area contributed by atoms with Crippen molar-refractivity contribution in [3.05, 3.63) is 81.2 Å². The summed E-state index contributed by atoms with van der Waals surface area (Å²) >= 11 is 5.90. The van der Waals surface area contributed by atoms with Gasteiger partial charge in [0.1, 0.15) is 17.0 Å². The molecule has 0 fully saturated rings. The number of anilines is 1. The molecule has 7 nitrogen and oxygen atoms in total. The highest BCUT2D eigenvalue weighted by molar-refractivity contribution is 6.30. The second-order valence-electron chi connectivity index (χ2n) is 6.30. The summed E-state index contributed by atoms with van der Waals surface area (Å²) in [7, 11) is 0. The fourth-order valence-electron chi connectivity index (χ4n) is 2.96. The molecule has 2 heterocycles. The molecule has 4 aromatic rings. The van der Waals surface area contributed by atoms with Crippen molar-refractivity contribution < 1.29 is 9.90 Å². The van der Waals surface area contributed by atoms with Gasteiger partial charge in [0.05, 0.1) is 17.3 Å². The Morgan fingerprint density at radius 2 is 1.96 bits per heavy atom. The van der Waals surface area contributed by atoms with Gasteiger partial charge in [0, 0.05) is 10.7 Å². The number of carbonyl (C=O) groups excluding carboxylic acids is 1. The third kappa shape index (κ3) is 3.12. The van der Waals surface area contributed by atoms with Gasteiger partial charge in [0.25, 0.3) is 11.5 Å². The van der Waals surface area contributed by atoms with Gasteiger partial charge in [-0.05, 0) is 48.9 Å². The minimum absolute atomic E-state index is 0.254. The molecule has 0 aliphatic carbocycles. The average molecular weight is 395 g/mol. The van der Waals surface area contributed by atoms with Crippen LogP contribution < -0.4 is 10.9 Å². The molecule has 0 unspecified atom stereocenters. The Hall–Kier alpha value is -3.58. The Morgan fingerprint density at radius 3 is 2.68 bits per heavy atom. The van der Waals surface area contributed by atoms with Crippen LogP contribution in [0.2, 0.25) is 5.02 Å². The van der Waals surface area contributed by atoms with Gasteiger partial charge >= 0.3 is 0 Å². The summed E-state index contributed by atoms with van der Waals surface area (Å²) in [6, 6.07) is 14.0. The van der Waals surface area contributed by atoms with Crippen LogP contribution in [0.3, 0.4) is 0 Å². The van der Waals surface area contributed by atoms with E-state index in [4.69, 9.17) is 11.6 Å². The summed E-state index contributed by atoms with van der Waals surface area (Å²) in [4.78, 5) is 27.8. The van der Waals surface area contributed by atoms with E-state index in [1.54, 1.807) is 42.5 Å². The number of halogens is 1. The largest absolute Gasteiger partial charge is 0.506 e. The van der Waals surface area contributed by atoms with Crippen LogP contribution in [0.15, 0.2) is 59.5 Å². The Bertz CT molecular complexity index is 1260. The van der Waals surface area contributed by atoms with Crippen molar-refractivity contribution in [1.82, 2.24) is 14.8 Å². The molecular weight excluding hydrogens is 380 g/mol. The zero-order valence-corrected chi connectivity index (χ0v) is 15.5. The van der Waals surface area contributed by atoms with E-state index in [2.05, 4.69) is 15.4 Å². The van der Waals surface area contributed by atoms with Crippen molar-refractivity contribution in [2.24, 2.45) is 0 Å². The van der Waals surface area contributed by atoms with Crippen LogP contribution in [0.1, 0.15) is 15.9 Å².